The van der Waals surface area contributed by atoms with E-state index in [1.165, 1.54) is 7.11 Å². The first-order chi connectivity index (χ1) is 14.0. The maximum atomic E-state index is 12.0. The molecule has 0 aliphatic carbocycles. The second kappa shape index (κ2) is 8.96. The number of carbonyl (C=O) groups excluding carboxylic acids is 2. The number of nitrogens with one attached hydrogen (secondary N) is 2. The van der Waals surface area contributed by atoms with Gasteiger partial charge in [-0.3, -0.25) is 4.79 Å². The van der Waals surface area contributed by atoms with Crippen LogP contribution in [-0.2, 0) is 16.0 Å². The lowest BCUT2D eigenvalue weighted by Crippen LogP contribution is -2.33. The number of nitrogens with two attached hydrogens (primary N) is 1. The lowest BCUT2D eigenvalue weighted by molar-refractivity contribution is -0.139. The zero-order chi connectivity index (χ0) is 20.8. The lowest BCUT2D eigenvalue weighted by Gasteiger charge is -2.14. The van der Waals surface area contributed by atoms with Crippen molar-refractivity contribution in [1.82, 2.24) is 10.7 Å². The van der Waals surface area contributed by atoms with E-state index < -0.39 is 12.0 Å². The molecule has 0 spiro atoms. The Hall–Kier alpha value is -3.75. The van der Waals surface area contributed by atoms with Crippen LogP contribution >= 0.6 is 0 Å². The van der Waals surface area contributed by atoms with Crippen LogP contribution in [0.5, 0.6) is 11.5 Å². The summed E-state index contributed by atoms with van der Waals surface area (Å²) in [5.74, 6) is 0.634. The van der Waals surface area contributed by atoms with Crippen molar-refractivity contribution in [2.24, 2.45) is 5.10 Å². The molecular formula is C20H22N4O5. The molecule has 0 radical (unpaired) electrons. The Balaban J connectivity index is 2.10. The van der Waals surface area contributed by atoms with Gasteiger partial charge in [0.1, 0.15) is 0 Å². The van der Waals surface area contributed by atoms with Gasteiger partial charge in [-0.05, 0) is 36.8 Å². The number of esters is 1. The van der Waals surface area contributed by atoms with Gasteiger partial charge >= 0.3 is 12.0 Å². The van der Waals surface area contributed by atoms with E-state index in [1.807, 2.05) is 0 Å². The predicted molar refractivity (Wildman–Crippen MR) is 107 cm³/mol. The summed E-state index contributed by atoms with van der Waals surface area (Å²) in [4.78, 5) is 23.9. The van der Waals surface area contributed by atoms with Crippen molar-refractivity contribution in [1.29, 1.82) is 0 Å². The summed E-state index contributed by atoms with van der Waals surface area (Å²) < 4.78 is 15.7. The summed E-state index contributed by atoms with van der Waals surface area (Å²) in [6, 6.07) is 10.0. The molecule has 0 saturated carbocycles. The van der Waals surface area contributed by atoms with Crippen molar-refractivity contribution in [2.45, 2.75) is 13.3 Å². The molecule has 0 unspecified atom stereocenters. The smallest absolute Gasteiger partial charge is 0.335 e. The minimum Gasteiger partial charge on any atom is -0.469 e. The van der Waals surface area contributed by atoms with Gasteiger partial charge in [0.2, 0.25) is 6.79 Å². The molecule has 152 valence electrons. The van der Waals surface area contributed by atoms with E-state index in [-0.39, 0.29) is 13.2 Å². The van der Waals surface area contributed by atoms with Crippen LogP contribution in [-0.4, -0.2) is 38.2 Å². The van der Waals surface area contributed by atoms with Gasteiger partial charge in [0, 0.05) is 23.4 Å². The van der Waals surface area contributed by atoms with E-state index in [9.17, 15) is 9.59 Å². The van der Waals surface area contributed by atoms with E-state index in [4.69, 9.17) is 19.9 Å². The largest absolute Gasteiger partial charge is 0.469 e. The molecule has 9 heteroatoms. The first-order valence-electron chi connectivity index (χ1n) is 8.99. The van der Waals surface area contributed by atoms with Gasteiger partial charge in [-0.25, -0.2) is 10.2 Å². The quantitative estimate of drug-likeness (QED) is 0.295. The van der Waals surface area contributed by atoms with Crippen LogP contribution in [0.1, 0.15) is 23.6 Å². The average molecular weight is 398 g/mol. The third-order valence-electron chi connectivity index (χ3n) is 4.21. The van der Waals surface area contributed by atoms with Crippen molar-refractivity contribution >= 4 is 23.4 Å². The van der Waals surface area contributed by atoms with Gasteiger partial charge in [0.25, 0.3) is 0 Å². The predicted octanol–water partition coefficient (Wildman–Crippen LogP) is 1.78. The van der Waals surface area contributed by atoms with Crippen LogP contribution in [0.15, 0.2) is 41.5 Å². The van der Waals surface area contributed by atoms with Crippen molar-refractivity contribution < 1.29 is 23.8 Å². The topological polar surface area (TPSA) is 124 Å². The Morgan fingerprint density at radius 3 is 2.52 bits per heavy atom. The minimum atomic E-state index is -0.448. The number of urea groups is 1. The van der Waals surface area contributed by atoms with Crippen molar-refractivity contribution in [3.05, 3.63) is 53.1 Å². The molecule has 2 aromatic carbocycles. The number of hydrogen-bond acceptors (Lipinski definition) is 7. The Kier molecular flexibility index (Phi) is 6.18. The summed E-state index contributed by atoms with van der Waals surface area (Å²) in [5.41, 5.74) is 11.2. The molecule has 2 aromatic rings. The van der Waals surface area contributed by atoms with Crippen LogP contribution in [0.4, 0.5) is 10.5 Å². The molecule has 0 bridgehead atoms. The molecule has 4 N–H and O–H groups in total. The van der Waals surface area contributed by atoms with Crippen molar-refractivity contribution in [3.8, 4) is 11.5 Å². The number of fused-ring (bicyclic) bond motifs is 1. The van der Waals surface area contributed by atoms with E-state index in [0.29, 0.717) is 46.1 Å². The van der Waals surface area contributed by atoms with E-state index in [0.717, 1.165) is 0 Å². The Morgan fingerprint density at radius 1 is 1.17 bits per heavy atom. The van der Waals surface area contributed by atoms with Crippen LogP contribution in [0.3, 0.4) is 0 Å². The number of hydrazone groups is 1. The highest BCUT2D eigenvalue weighted by Gasteiger charge is 2.22. The summed E-state index contributed by atoms with van der Waals surface area (Å²) in [5, 5.41) is 6.91. The molecule has 0 atom stereocenters. The SMILES string of the molecule is CCNC(=O)N/N=C(\c1ccc(N)cc1)c1cc2c(cc1CC(=O)OC)OCO2. The van der Waals surface area contributed by atoms with Crippen LogP contribution in [0, 0.1) is 0 Å². The number of nitrogen functional groups attached to an aromatic ring is 1. The number of anilines is 1. The number of ether oxygens (including phenoxy) is 3. The molecule has 0 aromatic heterocycles. The number of methoxy groups -OCH3 is 1. The maximum absolute atomic E-state index is 12.0. The molecule has 1 heterocycles. The molecular weight excluding hydrogens is 376 g/mol. The van der Waals surface area contributed by atoms with Crippen molar-refractivity contribution in [3.63, 3.8) is 0 Å². The van der Waals surface area contributed by atoms with E-state index in [2.05, 4.69) is 15.8 Å². The Labute approximate surface area is 167 Å². The molecule has 1 aliphatic heterocycles. The number of hydrogen-bond donors (Lipinski definition) is 3. The van der Waals surface area contributed by atoms with Gasteiger partial charge in [-0.2, -0.15) is 5.10 Å². The first kappa shape index (κ1) is 20.0. The summed E-state index contributed by atoms with van der Waals surface area (Å²) in [6.45, 7) is 2.34. The molecule has 9 nitrogen and oxygen atoms in total. The third-order valence-corrected chi connectivity index (χ3v) is 4.21. The zero-order valence-corrected chi connectivity index (χ0v) is 16.2. The monoisotopic (exact) mass is 398 g/mol. The standard InChI is InChI=1S/C20H22N4O5/c1-3-22-20(26)24-23-19(12-4-6-14(21)7-5-12)15-10-17-16(28-11-29-17)8-13(15)9-18(25)27-2/h4-8,10H,3,9,11,21H2,1-2H3,(H2,22,24,26)/b23-19+. The highest BCUT2D eigenvalue weighted by molar-refractivity contribution is 6.14. The van der Waals surface area contributed by atoms with E-state index in [1.54, 1.807) is 43.3 Å². The number of amides is 2. The van der Waals surface area contributed by atoms with Gasteiger partial charge in [0.05, 0.1) is 19.2 Å². The molecule has 3 rings (SSSR count). The van der Waals surface area contributed by atoms with Crippen LogP contribution < -0.4 is 25.9 Å². The fraction of sp³-hybridized carbons (Fsp3) is 0.250. The van der Waals surface area contributed by atoms with Gasteiger partial charge in [-0.1, -0.05) is 12.1 Å². The van der Waals surface area contributed by atoms with Gasteiger partial charge < -0.3 is 25.3 Å². The summed E-state index contributed by atoms with van der Waals surface area (Å²) >= 11 is 0. The second-order valence-corrected chi connectivity index (χ2v) is 6.17. The number of nitrogens with zero attached hydrogens (tertiary/aromatic N) is 1. The summed E-state index contributed by atoms with van der Waals surface area (Å²) in [6.07, 6.45) is -0.00236. The zero-order valence-electron chi connectivity index (χ0n) is 16.2. The third kappa shape index (κ3) is 4.75. The maximum Gasteiger partial charge on any atom is 0.335 e. The number of benzene rings is 2. The molecule has 0 saturated heterocycles. The van der Waals surface area contributed by atoms with Crippen LogP contribution in [0.2, 0.25) is 0 Å². The minimum absolute atomic E-state index is 0.00236. The van der Waals surface area contributed by atoms with E-state index >= 15 is 0 Å². The Bertz CT molecular complexity index is 941. The second-order valence-electron chi connectivity index (χ2n) is 6.17. The summed E-state index contributed by atoms with van der Waals surface area (Å²) in [7, 11) is 1.32. The highest BCUT2D eigenvalue weighted by Crippen LogP contribution is 2.36. The molecule has 1 aliphatic rings. The highest BCUT2D eigenvalue weighted by atomic mass is 16.7. The first-order valence-corrected chi connectivity index (χ1v) is 8.99. The van der Waals surface area contributed by atoms with Crippen LogP contribution in [0.25, 0.3) is 0 Å². The fourth-order valence-corrected chi connectivity index (χ4v) is 2.81. The lowest BCUT2D eigenvalue weighted by atomic mass is 9.95. The number of rotatable bonds is 6. The fourth-order valence-electron chi connectivity index (χ4n) is 2.81. The Morgan fingerprint density at radius 2 is 1.86 bits per heavy atom. The molecule has 0 fully saturated rings. The molecule has 2 amide bonds. The number of carbonyl (C=O) groups is 2. The molecule has 29 heavy (non-hydrogen) atoms. The normalized spacial score (nSPS) is 12.4. The van der Waals surface area contributed by atoms with Gasteiger partial charge in [-0.15, -0.1) is 0 Å². The van der Waals surface area contributed by atoms with Gasteiger partial charge in [0.15, 0.2) is 11.5 Å². The van der Waals surface area contributed by atoms with Crippen molar-refractivity contribution in [2.75, 3.05) is 26.2 Å². The average Bonchev–Trinajstić information content (AvgIpc) is 3.16.